The topological polar surface area (TPSA) is 156 Å². The van der Waals surface area contributed by atoms with Gasteiger partial charge in [-0.15, -0.1) is 0 Å². The second-order valence-electron chi connectivity index (χ2n) is 12.3. The highest BCUT2D eigenvalue weighted by Gasteiger charge is 2.12. The SMILES string of the molecule is CCCCCCCCCCCCCCCC(=O)O.CCCCCCCCCCCCCCCC(=O)O.OC[C@@H](O)[C@@H](O)CO. The van der Waals surface area contributed by atoms with Gasteiger partial charge in [0.05, 0.1) is 13.2 Å². The van der Waals surface area contributed by atoms with Crippen LogP contribution >= 0.6 is 0 Å². The predicted octanol–water partition coefficient (Wildman–Crippen LogP) is 8.80. The van der Waals surface area contributed by atoms with Crippen LogP contribution in [0, 0.1) is 0 Å². The number of hydrogen-bond acceptors (Lipinski definition) is 6. The summed E-state index contributed by atoms with van der Waals surface area (Å²) in [4.78, 5) is 20.6. The number of carbonyl (C=O) groups is 2. The molecule has 44 heavy (non-hydrogen) atoms. The van der Waals surface area contributed by atoms with E-state index in [9.17, 15) is 9.59 Å². The third-order valence-corrected chi connectivity index (χ3v) is 7.81. The molecule has 0 heterocycles. The van der Waals surface area contributed by atoms with Crippen molar-refractivity contribution in [3.05, 3.63) is 0 Å². The van der Waals surface area contributed by atoms with E-state index in [2.05, 4.69) is 13.8 Å². The summed E-state index contributed by atoms with van der Waals surface area (Å²) in [6, 6.07) is 0. The van der Waals surface area contributed by atoms with E-state index >= 15 is 0 Å². The summed E-state index contributed by atoms with van der Waals surface area (Å²) in [6.45, 7) is 3.47. The number of carboxylic acids is 2. The van der Waals surface area contributed by atoms with E-state index in [1.807, 2.05) is 0 Å². The molecule has 0 unspecified atom stereocenters. The van der Waals surface area contributed by atoms with Crippen LogP contribution in [0.1, 0.15) is 194 Å². The quantitative estimate of drug-likeness (QED) is 0.0413. The summed E-state index contributed by atoms with van der Waals surface area (Å²) in [7, 11) is 0. The highest BCUT2D eigenvalue weighted by atomic mass is 16.4. The highest BCUT2D eigenvalue weighted by Crippen LogP contribution is 2.14. The number of rotatable bonds is 31. The van der Waals surface area contributed by atoms with Crippen molar-refractivity contribution in [2.75, 3.05) is 13.2 Å². The molecule has 0 saturated carbocycles. The van der Waals surface area contributed by atoms with Crippen LogP contribution in [-0.2, 0) is 9.59 Å². The third kappa shape index (κ3) is 47.7. The van der Waals surface area contributed by atoms with Crippen molar-refractivity contribution in [2.45, 2.75) is 206 Å². The van der Waals surface area contributed by atoms with Gasteiger partial charge in [0.25, 0.3) is 0 Å². The Labute approximate surface area is 271 Å². The van der Waals surface area contributed by atoms with Crippen molar-refractivity contribution in [1.82, 2.24) is 0 Å². The van der Waals surface area contributed by atoms with Gasteiger partial charge in [-0.05, 0) is 12.8 Å². The molecular formula is C36H74O8. The Morgan fingerprint density at radius 2 is 0.568 bits per heavy atom. The van der Waals surface area contributed by atoms with Crippen LogP contribution in [0.5, 0.6) is 0 Å². The minimum atomic E-state index is -1.22. The maximum atomic E-state index is 10.3. The molecule has 8 nitrogen and oxygen atoms in total. The molecule has 0 spiro atoms. The highest BCUT2D eigenvalue weighted by molar-refractivity contribution is 5.66. The minimum absolute atomic E-state index is 0.345. The number of aliphatic carboxylic acids is 2. The van der Waals surface area contributed by atoms with Crippen LogP contribution in [-0.4, -0.2) is 68.0 Å². The van der Waals surface area contributed by atoms with Gasteiger partial charge in [0.15, 0.2) is 0 Å². The molecule has 0 aromatic heterocycles. The molecule has 0 aliphatic heterocycles. The van der Waals surface area contributed by atoms with Crippen molar-refractivity contribution in [1.29, 1.82) is 0 Å². The van der Waals surface area contributed by atoms with Gasteiger partial charge in [0.1, 0.15) is 12.2 Å². The van der Waals surface area contributed by atoms with Gasteiger partial charge >= 0.3 is 11.9 Å². The first kappa shape index (κ1) is 47.2. The van der Waals surface area contributed by atoms with Gasteiger partial charge in [-0.25, -0.2) is 0 Å². The average Bonchev–Trinajstić information content (AvgIpc) is 3.01. The molecule has 0 amide bonds. The van der Waals surface area contributed by atoms with Gasteiger partial charge < -0.3 is 30.6 Å². The van der Waals surface area contributed by atoms with Crippen LogP contribution < -0.4 is 0 Å². The smallest absolute Gasteiger partial charge is 0.303 e. The van der Waals surface area contributed by atoms with E-state index in [0.717, 1.165) is 25.7 Å². The predicted molar refractivity (Wildman–Crippen MR) is 182 cm³/mol. The Morgan fingerprint density at radius 3 is 0.727 bits per heavy atom. The summed E-state index contributed by atoms with van der Waals surface area (Å²) in [5.74, 6) is -1.31. The van der Waals surface area contributed by atoms with Gasteiger partial charge in [-0.1, -0.05) is 168 Å². The van der Waals surface area contributed by atoms with Crippen molar-refractivity contribution in [3.8, 4) is 0 Å². The summed E-state index contributed by atoms with van der Waals surface area (Å²) in [5.41, 5.74) is 0. The van der Waals surface area contributed by atoms with E-state index < -0.39 is 37.4 Å². The lowest BCUT2D eigenvalue weighted by molar-refractivity contribution is -0.138. The lowest BCUT2D eigenvalue weighted by atomic mass is 10.0. The molecule has 266 valence electrons. The first-order valence-corrected chi connectivity index (χ1v) is 18.3. The number of hydrogen-bond donors (Lipinski definition) is 6. The number of unbranched alkanes of at least 4 members (excludes halogenated alkanes) is 24. The normalized spacial score (nSPS) is 12.0. The Kier molecular flexibility index (Phi) is 44.8. The summed E-state index contributed by atoms with van der Waals surface area (Å²) >= 11 is 0. The fraction of sp³-hybridized carbons (Fsp3) is 0.944. The van der Waals surface area contributed by atoms with Crippen LogP contribution in [0.4, 0.5) is 0 Å². The molecular weight excluding hydrogens is 560 g/mol. The van der Waals surface area contributed by atoms with E-state index in [1.165, 1.54) is 141 Å². The lowest BCUT2D eigenvalue weighted by Gasteiger charge is -2.10. The standard InChI is InChI=1S/2C16H32O2.C4H10O4/c2*1-2-3-4-5-6-7-8-9-10-11-12-13-14-15-16(17)18;5-1-3(7)4(8)2-6/h2*2-15H2,1H3,(H,17,18);3-8H,1-2H2/t;;3-,4+. The van der Waals surface area contributed by atoms with Crippen LogP contribution in [0.3, 0.4) is 0 Å². The van der Waals surface area contributed by atoms with E-state index in [4.69, 9.17) is 30.6 Å². The summed E-state index contributed by atoms with van der Waals surface area (Å²) < 4.78 is 0. The zero-order valence-corrected chi connectivity index (χ0v) is 28.9. The summed E-state index contributed by atoms with van der Waals surface area (Å²) in [6.07, 6.45) is 32.1. The Hall–Kier alpha value is -1.22. The van der Waals surface area contributed by atoms with E-state index in [0.29, 0.717) is 12.8 Å². The molecule has 0 radical (unpaired) electrons. The first-order valence-electron chi connectivity index (χ1n) is 18.3. The van der Waals surface area contributed by atoms with Crippen molar-refractivity contribution < 1.29 is 40.2 Å². The molecule has 0 saturated heterocycles. The average molecular weight is 635 g/mol. The van der Waals surface area contributed by atoms with Gasteiger partial charge in [0.2, 0.25) is 0 Å². The molecule has 8 heteroatoms. The fourth-order valence-electron chi connectivity index (χ4n) is 4.83. The fourth-order valence-corrected chi connectivity index (χ4v) is 4.83. The Morgan fingerprint density at radius 1 is 0.386 bits per heavy atom. The van der Waals surface area contributed by atoms with Crippen LogP contribution in [0.2, 0.25) is 0 Å². The van der Waals surface area contributed by atoms with Gasteiger partial charge in [-0.3, -0.25) is 9.59 Å². The molecule has 2 atom stereocenters. The number of carboxylic acid groups (broad SMARTS) is 2. The van der Waals surface area contributed by atoms with Crippen molar-refractivity contribution in [2.24, 2.45) is 0 Å². The molecule has 0 aromatic rings. The minimum Gasteiger partial charge on any atom is -0.481 e. The maximum absolute atomic E-state index is 10.3. The number of aliphatic hydroxyl groups is 4. The number of aliphatic hydroxyl groups excluding tert-OH is 4. The monoisotopic (exact) mass is 635 g/mol. The van der Waals surface area contributed by atoms with E-state index in [-0.39, 0.29) is 0 Å². The molecule has 0 fully saturated rings. The first-order chi connectivity index (χ1) is 21.3. The van der Waals surface area contributed by atoms with Gasteiger partial charge in [-0.2, -0.15) is 0 Å². The molecule has 0 rings (SSSR count). The second kappa shape index (κ2) is 41.8. The van der Waals surface area contributed by atoms with Crippen LogP contribution in [0.25, 0.3) is 0 Å². The van der Waals surface area contributed by atoms with Gasteiger partial charge in [0, 0.05) is 12.8 Å². The zero-order valence-electron chi connectivity index (χ0n) is 28.9. The summed E-state index contributed by atoms with van der Waals surface area (Å²) in [5, 5.41) is 50.1. The third-order valence-electron chi connectivity index (χ3n) is 7.81. The Bertz CT molecular complexity index is 510. The lowest BCUT2D eigenvalue weighted by Crippen LogP contribution is -2.31. The van der Waals surface area contributed by atoms with Crippen molar-refractivity contribution >= 4 is 11.9 Å². The molecule has 0 aromatic carbocycles. The molecule has 6 N–H and O–H groups in total. The van der Waals surface area contributed by atoms with Crippen molar-refractivity contribution in [3.63, 3.8) is 0 Å². The Balaban J connectivity index is -0.000000616. The zero-order chi connectivity index (χ0) is 33.5. The van der Waals surface area contributed by atoms with Crippen LogP contribution in [0.15, 0.2) is 0 Å². The molecule has 0 aliphatic carbocycles. The second-order valence-corrected chi connectivity index (χ2v) is 12.3. The van der Waals surface area contributed by atoms with E-state index in [1.54, 1.807) is 0 Å². The largest absolute Gasteiger partial charge is 0.481 e. The molecule has 0 aliphatic rings. The molecule has 0 bridgehead atoms. The maximum Gasteiger partial charge on any atom is 0.303 e.